The van der Waals surface area contributed by atoms with E-state index in [0.717, 1.165) is 24.1 Å². The lowest BCUT2D eigenvalue weighted by atomic mass is 10.2. The quantitative estimate of drug-likeness (QED) is 0.862. The van der Waals surface area contributed by atoms with E-state index in [9.17, 15) is 5.11 Å². The molecule has 2 rings (SSSR count). The first-order chi connectivity index (χ1) is 8.16. The molecule has 0 radical (unpaired) electrons. The third-order valence-corrected chi connectivity index (χ3v) is 2.82. The summed E-state index contributed by atoms with van der Waals surface area (Å²) in [5.41, 5.74) is 0.592. The number of hydrogen-bond donors (Lipinski definition) is 1. The Bertz CT molecular complexity index is 453. The van der Waals surface area contributed by atoms with E-state index in [4.69, 9.17) is 0 Å². The SMILES string of the molecule is CC(C)Cn1ncnc1CC(O)c1cnsn1. The summed E-state index contributed by atoms with van der Waals surface area (Å²) in [4.78, 5) is 4.17. The Labute approximate surface area is 104 Å². The van der Waals surface area contributed by atoms with E-state index in [1.165, 1.54) is 6.33 Å². The monoisotopic (exact) mass is 253 g/mol. The van der Waals surface area contributed by atoms with Crippen LogP contribution < -0.4 is 0 Å². The second kappa shape index (κ2) is 5.33. The zero-order valence-corrected chi connectivity index (χ0v) is 10.6. The van der Waals surface area contributed by atoms with Gasteiger partial charge in [0.2, 0.25) is 0 Å². The first-order valence-corrected chi connectivity index (χ1v) is 6.22. The molecule has 0 fully saturated rings. The average molecular weight is 253 g/mol. The van der Waals surface area contributed by atoms with Gasteiger partial charge in [-0.05, 0) is 5.92 Å². The summed E-state index contributed by atoms with van der Waals surface area (Å²) in [6, 6.07) is 0. The number of aliphatic hydroxyl groups is 1. The molecule has 1 unspecified atom stereocenters. The van der Waals surface area contributed by atoms with Gasteiger partial charge in [-0.3, -0.25) is 0 Å². The van der Waals surface area contributed by atoms with Gasteiger partial charge in [-0.15, -0.1) is 0 Å². The summed E-state index contributed by atoms with van der Waals surface area (Å²) < 4.78 is 9.71. The predicted octanol–water partition coefficient (Wildman–Crippen LogP) is 1.06. The molecular weight excluding hydrogens is 238 g/mol. The van der Waals surface area contributed by atoms with Crippen LogP contribution in [-0.4, -0.2) is 28.6 Å². The van der Waals surface area contributed by atoms with E-state index < -0.39 is 6.10 Å². The molecule has 2 aromatic heterocycles. The Balaban J connectivity index is 2.06. The highest BCUT2D eigenvalue weighted by Crippen LogP contribution is 2.15. The maximum Gasteiger partial charge on any atom is 0.138 e. The Morgan fingerprint density at radius 3 is 2.94 bits per heavy atom. The fourth-order valence-corrected chi connectivity index (χ4v) is 2.01. The van der Waals surface area contributed by atoms with E-state index >= 15 is 0 Å². The molecule has 0 spiro atoms. The lowest BCUT2D eigenvalue weighted by Crippen LogP contribution is -2.13. The largest absolute Gasteiger partial charge is 0.386 e. The highest BCUT2D eigenvalue weighted by atomic mass is 32.1. The molecule has 17 heavy (non-hydrogen) atoms. The Morgan fingerprint density at radius 1 is 1.47 bits per heavy atom. The van der Waals surface area contributed by atoms with E-state index in [1.807, 2.05) is 4.68 Å². The number of aromatic nitrogens is 5. The minimum atomic E-state index is -0.663. The van der Waals surface area contributed by atoms with Crippen LogP contribution in [-0.2, 0) is 13.0 Å². The normalized spacial score (nSPS) is 13.2. The van der Waals surface area contributed by atoms with Crippen LogP contribution in [0.5, 0.6) is 0 Å². The lowest BCUT2D eigenvalue weighted by molar-refractivity contribution is 0.169. The summed E-state index contributed by atoms with van der Waals surface area (Å²) in [6.45, 7) is 5.04. The maximum atomic E-state index is 9.96. The molecular formula is C10H15N5OS. The van der Waals surface area contributed by atoms with E-state index in [0.29, 0.717) is 18.0 Å². The molecule has 0 aliphatic carbocycles. The molecule has 0 saturated carbocycles. The number of hydrogen-bond acceptors (Lipinski definition) is 6. The summed E-state index contributed by atoms with van der Waals surface area (Å²) in [7, 11) is 0. The molecule has 7 heteroatoms. The van der Waals surface area contributed by atoms with Crippen molar-refractivity contribution in [1.82, 2.24) is 23.5 Å². The van der Waals surface area contributed by atoms with Gasteiger partial charge in [-0.1, -0.05) is 13.8 Å². The minimum Gasteiger partial charge on any atom is -0.386 e. The van der Waals surface area contributed by atoms with Crippen molar-refractivity contribution in [2.24, 2.45) is 5.92 Å². The zero-order chi connectivity index (χ0) is 12.3. The molecule has 6 nitrogen and oxygen atoms in total. The van der Waals surface area contributed by atoms with Gasteiger partial charge in [0.25, 0.3) is 0 Å². The molecule has 1 atom stereocenters. The first-order valence-electron chi connectivity index (χ1n) is 5.49. The van der Waals surface area contributed by atoms with Crippen molar-refractivity contribution in [3.05, 3.63) is 24.0 Å². The van der Waals surface area contributed by atoms with Crippen LogP contribution >= 0.6 is 11.7 Å². The summed E-state index contributed by atoms with van der Waals surface area (Å²) in [5, 5.41) is 14.1. The zero-order valence-electron chi connectivity index (χ0n) is 9.82. The van der Waals surface area contributed by atoms with E-state index in [-0.39, 0.29) is 0 Å². The molecule has 2 heterocycles. The number of rotatable bonds is 5. The smallest absolute Gasteiger partial charge is 0.138 e. The average Bonchev–Trinajstić information content (AvgIpc) is 2.89. The van der Waals surface area contributed by atoms with Crippen LogP contribution in [0.1, 0.15) is 31.5 Å². The topological polar surface area (TPSA) is 76.7 Å². The van der Waals surface area contributed by atoms with Crippen LogP contribution in [0.25, 0.3) is 0 Å². The van der Waals surface area contributed by atoms with Gasteiger partial charge in [0.1, 0.15) is 23.9 Å². The Morgan fingerprint density at radius 2 is 2.29 bits per heavy atom. The molecule has 0 saturated heterocycles. The van der Waals surface area contributed by atoms with Crippen molar-refractivity contribution in [1.29, 1.82) is 0 Å². The van der Waals surface area contributed by atoms with Gasteiger partial charge in [0.05, 0.1) is 17.9 Å². The van der Waals surface area contributed by atoms with Crippen LogP contribution in [0, 0.1) is 5.92 Å². The van der Waals surface area contributed by atoms with Crippen LogP contribution in [0.3, 0.4) is 0 Å². The van der Waals surface area contributed by atoms with E-state index in [1.54, 1.807) is 6.20 Å². The predicted molar refractivity (Wildman–Crippen MR) is 63.4 cm³/mol. The molecule has 1 N–H and O–H groups in total. The van der Waals surface area contributed by atoms with Gasteiger partial charge < -0.3 is 5.11 Å². The summed E-state index contributed by atoms with van der Waals surface area (Å²) in [6.07, 6.45) is 2.85. The third-order valence-electron chi connectivity index (χ3n) is 2.33. The minimum absolute atomic E-state index is 0.415. The van der Waals surface area contributed by atoms with Crippen molar-refractivity contribution in [3.63, 3.8) is 0 Å². The second-order valence-corrected chi connectivity index (χ2v) is 4.86. The molecule has 0 aliphatic rings. The fourth-order valence-electron chi connectivity index (χ4n) is 1.54. The van der Waals surface area contributed by atoms with Crippen molar-refractivity contribution in [3.8, 4) is 0 Å². The number of nitrogens with zero attached hydrogens (tertiary/aromatic N) is 5. The fraction of sp³-hybridized carbons (Fsp3) is 0.600. The lowest BCUT2D eigenvalue weighted by Gasteiger charge is -2.10. The standard InChI is InChI=1S/C10H15N5OS/c1-7(2)5-15-10(11-6-12-15)3-9(16)8-4-13-17-14-8/h4,6-7,9,16H,3,5H2,1-2H3. The van der Waals surface area contributed by atoms with Gasteiger partial charge in [0, 0.05) is 13.0 Å². The van der Waals surface area contributed by atoms with E-state index in [2.05, 4.69) is 32.7 Å². The van der Waals surface area contributed by atoms with Crippen molar-refractivity contribution < 1.29 is 5.11 Å². The highest BCUT2D eigenvalue weighted by molar-refractivity contribution is 6.99. The first kappa shape index (κ1) is 12.1. The number of aliphatic hydroxyl groups excluding tert-OH is 1. The Hall–Kier alpha value is -1.34. The van der Waals surface area contributed by atoms with Crippen LogP contribution in [0.4, 0.5) is 0 Å². The maximum absolute atomic E-state index is 9.96. The van der Waals surface area contributed by atoms with Crippen molar-refractivity contribution in [2.75, 3.05) is 0 Å². The van der Waals surface area contributed by atoms with Crippen molar-refractivity contribution >= 4 is 11.7 Å². The van der Waals surface area contributed by atoms with Gasteiger partial charge in [-0.25, -0.2) is 9.67 Å². The summed E-state index contributed by atoms with van der Waals surface area (Å²) >= 11 is 1.09. The molecule has 2 aromatic rings. The molecule has 92 valence electrons. The third kappa shape index (κ3) is 3.07. The molecule has 0 aromatic carbocycles. The van der Waals surface area contributed by atoms with Gasteiger partial charge in [-0.2, -0.15) is 13.8 Å². The van der Waals surface area contributed by atoms with Crippen LogP contribution in [0.15, 0.2) is 12.5 Å². The second-order valence-electron chi connectivity index (χ2n) is 4.30. The van der Waals surface area contributed by atoms with Gasteiger partial charge in [0.15, 0.2) is 0 Å². The molecule has 0 aliphatic heterocycles. The summed E-state index contributed by atoms with van der Waals surface area (Å²) in [5.74, 6) is 1.27. The van der Waals surface area contributed by atoms with Crippen LogP contribution in [0.2, 0.25) is 0 Å². The Kier molecular flexibility index (Phi) is 3.80. The molecule has 0 amide bonds. The highest BCUT2D eigenvalue weighted by Gasteiger charge is 2.15. The van der Waals surface area contributed by atoms with Gasteiger partial charge >= 0.3 is 0 Å². The molecule has 0 bridgehead atoms. The van der Waals surface area contributed by atoms with Crippen molar-refractivity contribution in [2.45, 2.75) is 32.9 Å².